The first-order chi connectivity index (χ1) is 11.6. The standard InChI is InChI=1S/C19H20FN3O/c1-3-22(4-2)18(24)13-23-17-8-6-5-7-16(17)21-19(23)14-9-11-15(20)12-10-14/h5-12H,3-4,13H2,1-2H3. The highest BCUT2D eigenvalue weighted by atomic mass is 19.1. The number of rotatable bonds is 5. The molecule has 24 heavy (non-hydrogen) atoms. The van der Waals surface area contributed by atoms with Gasteiger partial charge in [0.05, 0.1) is 11.0 Å². The van der Waals surface area contributed by atoms with Crippen LogP contribution in [0.25, 0.3) is 22.4 Å². The number of halogens is 1. The van der Waals surface area contributed by atoms with Gasteiger partial charge in [-0.25, -0.2) is 9.37 Å². The lowest BCUT2D eigenvalue weighted by atomic mass is 10.2. The largest absolute Gasteiger partial charge is 0.342 e. The number of aromatic nitrogens is 2. The second-order valence-corrected chi connectivity index (χ2v) is 5.58. The number of hydrogen-bond acceptors (Lipinski definition) is 2. The summed E-state index contributed by atoms with van der Waals surface area (Å²) in [5, 5.41) is 0. The van der Waals surface area contributed by atoms with Crippen molar-refractivity contribution in [2.24, 2.45) is 0 Å². The highest BCUT2D eigenvalue weighted by molar-refractivity contribution is 5.84. The molecule has 0 aliphatic rings. The molecule has 2 aromatic carbocycles. The molecule has 1 amide bonds. The van der Waals surface area contributed by atoms with Crippen molar-refractivity contribution in [2.75, 3.05) is 13.1 Å². The zero-order valence-electron chi connectivity index (χ0n) is 13.9. The molecule has 0 unspecified atom stereocenters. The summed E-state index contributed by atoms with van der Waals surface area (Å²) in [5.74, 6) is 0.434. The predicted molar refractivity (Wildman–Crippen MR) is 93.1 cm³/mol. The third-order valence-electron chi connectivity index (χ3n) is 4.17. The van der Waals surface area contributed by atoms with E-state index in [2.05, 4.69) is 4.98 Å². The molecule has 0 fully saturated rings. The van der Waals surface area contributed by atoms with Crippen LogP contribution in [0.15, 0.2) is 48.5 Å². The molecule has 0 aliphatic carbocycles. The van der Waals surface area contributed by atoms with Gasteiger partial charge in [0.25, 0.3) is 0 Å². The van der Waals surface area contributed by atoms with Gasteiger partial charge in [0, 0.05) is 18.7 Å². The molecule has 0 aliphatic heterocycles. The van der Waals surface area contributed by atoms with E-state index >= 15 is 0 Å². The molecular formula is C19H20FN3O. The fraction of sp³-hybridized carbons (Fsp3) is 0.263. The maximum absolute atomic E-state index is 13.2. The van der Waals surface area contributed by atoms with Crippen LogP contribution >= 0.6 is 0 Å². The fourth-order valence-corrected chi connectivity index (χ4v) is 2.87. The normalized spacial score (nSPS) is 11.0. The third kappa shape index (κ3) is 3.02. The third-order valence-corrected chi connectivity index (χ3v) is 4.17. The van der Waals surface area contributed by atoms with Crippen molar-refractivity contribution in [3.05, 3.63) is 54.3 Å². The number of para-hydroxylation sites is 2. The molecule has 3 aromatic rings. The number of likely N-dealkylation sites (N-methyl/N-ethyl adjacent to an activating group) is 1. The van der Waals surface area contributed by atoms with Crippen molar-refractivity contribution in [1.82, 2.24) is 14.5 Å². The van der Waals surface area contributed by atoms with Gasteiger partial charge >= 0.3 is 0 Å². The highest BCUT2D eigenvalue weighted by Crippen LogP contribution is 2.25. The SMILES string of the molecule is CCN(CC)C(=O)Cn1c(-c2ccc(F)cc2)nc2ccccc21. The Bertz CT molecular complexity index is 851. The first kappa shape index (κ1) is 16.2. The monoisotopic (exact) mass is 325 g/mol. The minimum absolute atomic E-state index is 0.0477. The molecule has 0 N–H and O–H groups in total. The topological polar surface area (TPSA) is 38.1 Å². The lowest BCUT2D eigenvalue weighted by molar-refractivity contribution is -0.131. The number of benzene rings is 2. The maximum atomic E-state index is 13.2. The first-order valence-corrected chi connectivity index (χ1v) is 8.13. The highest BCUT2D eigenvalue weighted by Gasteiger charge is 2.17. The lowest BCUT2D eigenvalue weighted by Gasteiger charge is -2.20. The van der Waals surface area contributed by atoms with E-state index in [0.717, 1.165) is 16.6 Å². The van der Waals surface area contributed by atoms with E-state index in [4.69, 9.17) is 0 Å². The second-order valence-electron chi connectivity index (χ2n) is 5.58. The molecule has 4 nitrogen and oxygen atoms in total. The molecular weight excluding hydrogens is 305 g/mol. The number of imidazole rings is 1. The van der Waals surface area contributed by atoms with Gasteiger partial charge in [-0.1, -0.05) is 12.1 Å². The van der Waals surface area contributed by atoms with Crippen LogP contribution < -0.4 is 0 Å². The van der Waals surface area contributed by atoms with Gasteiger partial charge in [-0.05, 0) is 50.2 Å². The van der Waals surface area contributed by atoms with Crippen molar-refractivity contribution in [1.29, 1.82) is 0 Å². The lowest BCUT2D eigenvalue weighted by Crippen LogP contribution is -2.33. The van der Waals surface area contributed by atoms with Crippen LogP contribution in [0.4, 0.5) is 4.39 Å². The van der Waals surface area contributed by atoms with Crippen LogP contribution in [0, 0.1) is 5.82 Å². The smallest absolute Gasteiger partial charge is 0.242 e. The van der Waals surface area contributed by atoms with E-state index in [1.165, 1.54) is 12.1 Å². The summed E-state index contributed by atoms with van der Waals surface area (Å²) in [4.78, 5) is 19.0. The minimum atomic E-state index is -0.291. The number of carbonyl (C=O) groups is 1. The average molecular weight is 325 g/mol. The fourth-order valence-electron chi connectivity index (χ4n) is 2.87. The molecule has 0 bridgehead atoms. The van der Waals surface area contributed by atoms with E-state index in [-0.39, 0.29) is 18.3 Å². The molecule has 1 aromatic heterocycles. The summed E-state index contributed by atoms with van der Waals surface area (Å²) in [7, 11) is 0. The Labute approximate surface area is 140 Å². The van der Waals surface area contributed by atoms with Crippen LogP contribution in [-0.2, 0) is 11.3 Å². The molecule has 0 radical (unpaired) electrons. The molecule has 5 heteroatoms. The Morgan fingerprint density at radius 2 is 1.75 bits per heavy atom. The Balaban J connectivity index is 2.08. The molecule has 0 atom stereocenters. The molecule has 3 rings (SSSR count). The summed E-state index contributed by atoms with van der Waals surface area (Å²) in [6.07, 6.45) is 0. The van der Waals surface area contributed by atoms with Gasteiger partial charge in [-0.2, -0.15) is 0 Å². The van der Waals surface area contributed by atoms with E-state index in [1.807, 2.05) is 42.7 Å². The molecule has 0 saturated carbocycles. The van der Waals surface area contributed by atoms with Gasteiger partial charge < -0.3 is 9.47 Å². The van der Waals surface area contributed by atoms with Gasteiger partial charge in [-0.3, -0.25) is 4.79 Å². The van der Waals surface area contributed by atoms with Crippen LogP contribution in [0.2, 0.25) is 0 Å². The van der Waals surface area contributed by atoms with E-state index in [0.29, 0.717) is 18.9 Å². The number of amides is 1. The summed E-state index contributed by atoms with van der Waals surface area (Å²) in [6.45, 7) is 5.50. The van der Waals surface area contributed by atoms with Gasteiger partial charge in [0.1, 0.15) is 18.2 Å². The zero-order chi connectivity index (χ0) is 17.1. The number of carbonyl (C=O) groups excluding carboxylic acids is 1. The van der Waals surface area contributed by atoms with Crippen LogP contribution in [0.1, 0.15) is 13.8 Å². The van der Waals surface area contributed by atoms with Crippen molar-refractivity contribution in [3.63, 3.8) is 0 Å². The Morgan fingerprint density at radius 3 is 2.42 bits per heavy atom. The Kier molecular flexibility index (Phi) is 4.60. The van der Waals surface area contributed by atoms with Gasteiger partial charge in [-0.15, -0.1) is 0 Å². The second kappa shape index (κ2) is 6.83. The van der Waals surface area contributed by atoms with Gasteiger partial charge in [0.2, 0.25) is 5.91 Å². The van der Waals surface area contributed by atoms with Crippen molar-refractivity contribution in [2.45, 2.75) is 20.4 Å². The number of nitrogens with zero attached hydrogens (tertiary/aromatic N) is 3. The summed E-state index contributed by atoms with van der Waals surface area (Å²) in [6, 6.07) is 13.9. The Hall–Kier alpha value is -2.69. The van der Waals surface area contributed by atoms with Crippen LogP contribution in [0.3, 0.4) is 0 Å². The number of hydrogen-bond donors (Lipinski definition) is 0. The first-order valence-electron chi connectivity index (χ1n) is 8.13. The maximum Gasteiger partial charge on any atom is 0.242 e. The van der Waals surface area contributed by atoms with E-state index in [1.54, 1.807) is 17.0 Å². The molecule has 1 heterocycles. The van der Waals surface area contributed by atoms with Crippen LogP contribution in [-0.4, -0.2) is 33.4 Å². The molecule has 124 valence electrons. The minimum Gasteiger partial charge on any atom is -0.342 e. The van der Waals surface area contributed by atoms with Crippen molar-refractivity contribution < 1.29 is 9.18 Å². The van der Waals surface area contributed by atoms with Gasteiger partial charge in [0.15, 0.2) is 0 Å². The number of fused-ring (bicyclic) bond motifs is 1. The van der Waals surface area contributed by atoms with Crippen molar-refractivity contribution in [3.8, 4) is 11.4 Å². The quantitative estimate of drug-likeness (QED) is 0.717. The van der Waals surface area contributed by atoms with Crippen molar-refractivity contribution >= 4 is 16.9 Å². The summed E-state index contributed by atoms with van der Waals surface area (Å²) < 4.78 is 15.1. The Morgan fingerprint density at radius 1 is 1.08 bits per heavy atom. The predicted octanol–water partition coefficient (Wildman–Crippen LogP) is 3.71. The summed E-state index contributed by atoms with van der Waals surface area (Å²) >= 11 is 0. The van der Waals surface area contributed by atoms with E-state index < -0.39 is 0 Å². The molecule has 0 saturated heterocycles. The zero-order valence-corrected chi connectivity index (χ0v) is 13.9. The average Bonchev–Trinajstić information content (AvgIpc) is 2.95. The van der Waals surface area contributed by atoms with Crippen LogP contribution in [0.5, 0.6) is 0 Å². The molecule has 0 spiro atoms. The summed E-state index contributed by atoms with van der Waals surface area (Å²) in [5.41, 5.74) is 2.52. The van der Waals surface area contributed by atoms with E-state index in [9.17, 15) is 9.18 Å².